The first-order valence-electron chi connectivity index (χ1n) is 8.37. The molecule has 0 aliphatic rings. The molecule has 0 aromatic rings. The fraction of sp³-hybridized carbons (Fsp3) is 0.833. The van der Waals surface area contributed by atoms with Crippen molar-refractivity contribution in [3.05, 3.63) is 12.2 Å². The number of rotatable bonds is 14. The van der Waals surface area contributed by atoms with E-state index in [2.05, 4.69) is 13.5 Å². The van der Waals surface area contributed by atoms with E-state index >= 15 is 0 Å². The Morgan fingerprint density at radius 3 is 1.47 bits per heavy atom. The van der Waals surface area contributed by atoms with Gasteiger partial charge in [-0.25, -0.2) is 0 Å². The van der Waals surface area contributed by atoms with Crippen molar-refractivity contribution in [2.24, 2.45) is 0 Å². The van der Waals surface area contributed by atoms with Crippen molar-refractivity contribution in [3.8, 4) is 0 Å². The molecule has 0 rings (SSSR count). The molecule has 1 nitrogen and oxygen atoms in total. The fourth-order valence-corrected chi connectivity index (χ4v) is 2.34. The smallest absolute Gasteiger partial charge is 0.157 e. The second-order valence-corrected chi connectivity index (χ2v) is 5.84. The Morgan fingerprint density at radius 2 is 1.11 bits per heavy atom. The van der Waals surface area contributed by atoms with Gasteiger partial charge in [-0.2, -0.15) is 0 Å². The molecule has 1 heteroatoms. The first-order valence-corrected chi connectivity index (χ1v) is 8.37. The normalized spacial score (nSPS) is 10.6. The molecule has 0 N–H and O–H groups in total. The molecule has 0 radical (unpaired) electrons. The van der Waals surface area contributed by atoms with Gasteiger partial charge < -0.3 is 0 Å². The zero-order valence-corrected chi connectivity index (χ0v) is 13.3. The van der Waals surface area contributed by atoms with Gasteiger partial charge in [0.1, 0.15) is 0 Å². The Bertz CT molecular complexity index is 230. The van der Waals surface area contributed by atoms with Gasteiger partial charge in [-0.1, -0.05) is 84.1 Å². The molecule has 0 saturated carbocycles. The highest BCUT2D eigenvalue weighted by atomic mass is 16.1. The van der Waals surface area contributed by atoms with E-state index in [1.54, 1.807) is 0 Å². The molecule has 0 aliphatic carbocycles. The second-order valence-electron chi connectivity index (χ2n) is 5.84. The molecule has 112 valence electrons. The molecule has 0 aromatic carbocycles. The van der Waals surface area contributed by atoms with E-state index in [-0.39, 0.29) is 5.78 Å². The summed E-state index contributed by atoms with van der Waals surface area (Å²) in [5, 5.41) is 0. The van der Waals surface area contributed by atoms with Crippen LogP contribution in [0.15, 0.2) is 12.2 Å². The maximum absolute atomic E-state index is 11.3. The van der Waals surface area contributed by atoms with Crippen LogP contribution in [0.5, 0.6) is 0 Å². The van der Waals surface area contributed by atoms with E-state index in [0.717, 1.165) is 6.42 Å². The quantitative estimate of drug-likeness (QED) is 0.269. The number of unbranched alkanes of at least 4 members (excludes halogenated alkanes) is 11. The Balaban J connectivity index is 3.07. The number of carbonyl (C=O) groups excluding carboxylic acids is 1. The van der Waals surface area contributed by atoms with Gasteiger partial charge >= 0.3 is 0 Å². The lowest BCUT2D eigenvalue weighted by Gasteiger charge is -2.03. The number of Topliss-reactive ketones (excluding diaryl/α,β-unsaturated/α-hetero) is 1. The molecule has 0 aromatic heterocycles. The van der Waals surface area contributed by atoms with Crippen molar-refractivity contribution in [2.75, 3.05) is 0 Å². The molecule has 19 heavy (non-hydrogen) atoms. The summed E-state index contributed by atoms with van der Waals surface area (Å²) in [6, 6.07) is 0. The highest BCUT2D eigenvalue weighted by Gasteiger charge is 2.01. The van der Waals surface area contributed by atoms with Crippen LogP contribution in [0.4, 0.5) is 0 Å². The Morgan fingerprint density at radius 1 is 0.737 bits per heavy atom. The molecule has 0 saturated heterocycles. The summed E-state index contributed by atoms with van der Waals surface area (Å²) in [5.41, 5.74) is 0.711. The second kappa shape index (κ2) is 13.8. The lowest BCUT2D eigenvalue weighted by Crippen LogP contribution is -1.97. The average Bonchev–Trinajstić information content (AvgIpc) is 2.39. The lowest BCUT2D eigenvalue weighted by atomic mass is 10.0. The van der Waals surface area contributed by atoms with Gasteiger partial charge in [-0.3, -0.25) is 4.79 Å². The summed E-state index contributed by atoms with van der Waals surface area (Å²) >= 11 is 0. The summed E-state index contributed by atoms with van der Waals surface area (Å²) in [5.74, 6) is 0.243. The number of ketones is 1. The van der Waals surface area contributed by atoms with Gasteiger partial charge in [-0.05, 0) is 18.9 Å². The molecule has 0 heterocycles. The molecule has 0 unspecified atom stereocenters. The maximum atomic E-state index is 11.3. The number of hydrogen-bond acceptors (Lipinski definition) is 1. The minimum atomic E-state index is 0.243. The molecule has 0 fully saturated rings. The van der Waals surface area contributed by atoms with Crippen LogP contribution in [0.2, 0.25) is 0 Å². The largest absolute Gasteiger partial charge is 0.295 e. The van der Waals surface area contributed by atoms with Gasteiger partial charge in [-0.15, -0.1) is 0 Å². The average molecular weight is 266 g/mol. The van der Waals surface area contributed by atoms with Crippen LogP contribution in [0, 0.1) is 0 Å². The number of carbonyl (C=O) groups is 1. The summed E-state index contributed by atoms with van der Waals surface area (Å²) < 4.78 is 0. The zero-order valence-electron chi connectivity index (χ0n) is 13.3. The molecule has 0 spiro atoms. The number of allylic oxidation sites excluding steroid dienone is 1. The third kappa shape index (κ3) is 13.6. The van der Waals surface area contributed by atoms with E-state index in [1.807, 2.05) is 6.92 Å². The predicted octanol–water partition coefficient (Wildman–Crippen LogP) is 6.22. The van der Waals surface area contributed by atoms with E-state index in [0.29, 0.717) is 12.0 Å². The van der Waals surface area contributed by atoms with Crippen molar-refractivity contribution in [1.82, 2.24) is 0 Å². The minimum Gasteiger partial charge on any atom is -0.295 e. The fourth-order valence-electron chi connectivity index (χ4n) is 2.34. The van der Waals surface area contributed by atoms with Crippen molar-refractivity contribution in [1.29, 1.82) is 0 Å². The Kier molecular flexibility index (Phi) is 13.4. The highest BCUT2D eigenvalue weighted by Crippen LogP contribution is 2.12. The van der Waals surface area contributed by atoms with Gasteiger partial charge in [0.05, 0.1) is 0 Å². The summed E-state index contributed by atoms with van der Waals surface area (Å²) in [6.07, 6.45) is 16.8. The van der Waals surface area contributed by atoms with Crippen LogP contribution in [-0.4, -0.2) is 5.78 Å². The third-order valence-corrected chi connectivity index (χ3v) is 3.73. The van der Waals surface area contributed by atoms with Gasteiger partial charge in [0.25, 0.3) is 0 Å². The Hall–Kier alpha value is -0.590. The molecular weight excluding hydrogens is 232 g/mol. The van der Waals surface area contributed by atoms with Crippen molar-refractivity contribution in [3.63, 3.8) is 0 Å². The first-order chi connectivity index (χ1) is 9.18. The highest BCUT2D eigenvalue weighted by molar-refractivity contribution is 5.93. The molecule has 0 aliphatic heterocycles. The third-order valence-electron chi connectivity index (χ3n) is 3.73. The van der Waals surface area contributed by atoms with Gasteiger partial charge in [0, 0.05) is 6.42 Å². The monoisotopic (exact) mass is 266 g/mol. The molecule has 0 amide bonds. The first kappa shape index (κ1) is 18.4. The number of hydrogen-bond donors (Lipinski definition) is 0. The summed E-state index contributed by atoms with van der Waals surface area (Å²) in [7, 11) is 0. The maximum Gasteiger partial charge on any atom is 0.157 e. The van der Waals surface area contributed by atoms with E-state index in [1.165, 1.54) is 70.6 Å². The van der Waals surface area contributed by atoms with Crippen LogP contribution in [0.1, 0.15) is 97.3 Å². The lowest BCUT2D eigenvalue weighted by molar-refractivity contribution is -0.115. The van der Waals surface area contributed by atoms with Crippen LogP contribution >= 0.6 is 0 Å². The molecule has 0 bridgehead atoms. The SMILES string of the molecule is C=C(C)C(=O)CCCCCCCCCCCCCC. The van der Waals surface area contributed by atoms with E-state index < -0.39 is 0 Å². The van der Waals surface area contributed by atoms with Crippen LogP contribution in [-0.2, 0) is 4.79 Å². The van der Waals surface area contributed by atoms with Crippen LogP contribution < -0.4 is 0 Å². The van der Waals surface area contributed by atoms with Crippen LogP contribution in [0.25, 0.3) is 0 Å². The van der Waals surface area contributed by atoms with E-state index in [9.17, 15) is 4.79 Å². The Labute approximate surface area is 120 Å². The molecular formula is C18H34O. The van der Waals surface area contributed by atoms with Crippen molar-refractivity contribution >= 4 is 5.78 Å². The van der Waals surface area contributed by atoms with Gasteiger partial charge in [0.15, 0.2) is 5.78 Å². The van der Waals surface area contributed by atoms with Gasteiger partial charge in [0.2, 0.25) is 0 Å². The van der Waals surface area contributed by atoms with Crippen LogP contribution in [0.3, 0.4) is 0 Å². The van der Waals surface area contributed by atoms with Crippen molar-refractivity contribution in [2.45, 2.75) is 97.3 Å². The molecule has 0 atom stereocenters. The summed E-state index contributed by atoms with van der Waals surface area (Å²) in [6.45, 7) is 7.76. The predicted molar refractivity (Wildman–Crippen MR) is 85.5 cm³/mol. The standard InChI is InChI=1S/C18H34O/c1-4-5-6-7-8-9-10-11-12-13-14-15-16-18(19)17(2)3/h2,4-16H2,1,3H3. The minimum absolute atomic E-state index is 0.243. The van der Waals surface area contributed by atoms with E-state index in [4.69, 9.17) is 0 Å². The topological polar surface area (TPSA) is 17.1 Å². The summed E-state index contributed by atoms with van der Waals surface area (Å²) in [4.78, 5) is 11.3. The van der Waals surface area contributed by atoms with Crippen molar-refractivity contribution < 1.29 is 4.79 Å². The zero-order chi connectivity index (χ0) is 14.3.